The molecule has 0 aliphatic rings. The van der Waals surface area contributed by atoms with E-state index in [2.05, 4.69) is 15.3 Å². The van der Waals surface area contributed by atoms with E-state index in [9.17, 15) is 4.79 Å². The molecule has 0 bridgehead atoms. The Morgan fingerprint density at radius 2 is 1.92 bits per heavy atom. The number of unbranched alkanes of at least 4 members (excludes halogenated alkanes) is 3. The van der Waals surface area contributed by atoms with Crippen molar-refractivity contribution in [3.63, 3.8) is 0 Å². The summed E-state index contributed by atoms with van der Waals surface area (Å²) >= 11 is 1.61. The number of nitrogens with one attached hydrogen (secondary N) is 1. The summed E-state index contributed by atoms with van der Waals surface area (Å²) in [5.41, 5.74) is 7.23. The molecular formula is C17H26Cl2N4OS. The van der Waals surface area contributed by atoms with Gasteiger partial charge in [0, 0.05) is 31.0 Å². The minimum atomic E-state index is 0. The molecule has 1 amide bonds. The van der Waals surface area contributed by atoms with Crippen molar-refractivity contribution in [2.45, 2.75) is 38.5 Å². The zero-order chi connectivity index (χ0) is 16.3. The number of amides is 1. The van der Waals surface area contributed by atoms with Crippen molar-refractivity contribution in [3.8, 4) is 11.4 Å². The van der Waals surface area contributed by atoms with Gasteiger partial charge < -0.3 is 11.1 Å². The highest BCUT2D eigenvalue weighted by molar-refractivity contribution is 7.09. The summed E-state index contributed by atoms with van der Waals surface area (Å²) in [4.78, 5) is 20.6. The second-order valence-corrected chi connectivity index (χ2v) is 6.34. The quantitative estimate of drug-likeness (QED) is 0.592. The first-order valence-electron chi connectivity index (χ1n) is 8.12. The summed E-state index contributed by atoms with van der Waals surface area (Å²) in [5, 5.41) is 5.99. The van der Waals surface area contributed by atoms with Gasteiger partial charge in [0.2, 0.25) is 5.91 Å². The average Bonchev–Trinajstić information content (AvgIpc) is 3.04. The minimum Gasteiger partial charge on any atom is -0.356 e. The van der Waals surface area contributed by atoms with Crippen LogP contribution in [0.4, 0.5) is 0 Å². The van der Waals surface area contributed by atoms with E-state index in [0.29, 0.717) is 13.0 Å². The van der Waals surface area contributed by atoms with Crippen molar-refractivity contribution < 1.29 is 4.79 Å². The molecule has 140 valence electrons. The summed E-state index contributed by atoms with van der Waals surface area (Å²) in [6.45, 7) is 1.37. The predicted molar refractivity (Wildman–Crippen MR) is 109 cm³/mol. The van der Waals surface area contributed by atoms with Crippen molar-refractivity contribution in [2.75, 3.05) is 13.1 Å². The maximum Gasteiger partial charge on any atom is 0.220 e. The van der Waals surface area contributed by atoms with Gasteiger partial charge in [-0.05, 0) is 31.5 Å². The van der Waals surface area contributed by atoms with Crippen molar-refractivity contribution in [2.24, 2.45) is 5.73 Å². The van der Waals surface area contributed by atoms with Crippen LogP contribution in [0.3, 0.4) is 0 Å². The fourth-order valence-corrected chi connectivity index (χ4v) is 3.03. The van der Waals surface area contributed by atoms with Crippen molar-refractivity contribution in [1.29, 1.82) is 0 Å². The molecule has 3 N–H and O–H groups in total. The number of carbonyl (C=O) groups excluding carboxylic acids is 1. The normalized spacial score (nSPS) is 9.80. The van der Waals surface area contributed by atoms with E-state index < -0.39 is 0 Å². The second-order valence-electron chi connectivity index (χ2n) is 5.39. The lowest BCUT2D eigenvalue weighted by Crippen LogP contribution is -2.25. The van der Waals surface area contributed by atoms with Crippen LogP contribution in [0.2, 0.25) is 0 Å². The number of nitrogens with two attached hydrogens (primary N) is 1. The van der Waals surface area contributed by atoms with Gasteiger partial charge in [-0.3, -0.25) is 9.78 Å². The molecule has 0 saturated carbocycles. The van der Waals surface area contributed by atoms with E-state index in [1.165, 1.54) is 0 Å². The number of thiazole rings is 1. The largest absolute Gasteiger partial charge is 0.356 e. The molecule has 5 nitrogen and oxygen atoms in total. The number of carbonyl (C=O) groups is 1. The number of hydrogen-bond acceptors (Lipinski definition) is 5. The van der Waals surface area contributed by atoms with Gasteiger partial charge in [0.25, 0.3) is 0 Å². The third-order valence-electron chi connectivity index (χ3n) is 3.50. The fourth-order valence-electron chi connectivity index (χ4n) is 2.24. The Morgan fingerprint density at radius 3 is 2.64 bits per heavy atom. The van der Waals surface area contributed by atoms with Gasteiger partial charge in [-0.2, -0.15) is 0 Å². The maximum absolute atomic E-state index is 11.7. The first-order chi connectivity index (χ1) is 11.3. The molecule has 0 aromatic carbocycles. The topological polar surface area (TPSA) is 80.9 Å². The molecule has 0 aliphatic carbocycles. The van der Waals surface area contributed by atoms with Crippen LogP contribution in [0.15, 0.2) is 29.8 Å². The van der Waals surface area contributed by atoms with Gasteiger partial charge in [-0.15, -0.1) is 36.2 Å². The zero-order valence-electron chi connectivity index (χ0n) is 14.1. The molecule has 0 unspecified atom stereocenters. The number of pyridine rings is 1. The van der Waals surface area contributed by atoms with E-state index in [0.717, 1.165) is 55.0 Å². The summed E-state index contributed by atoms with van der Waals surface area (Å²) in [6.07, 6.45) is 7.29. The molecule has 2 aromatic rings. The van der Waals surface area contributed by atoms with E-state index in [1.54, 1.807) is 17.5 Å². The summed E-state index contributed by atoms with van der Waals surface area (Å²) in [5.74, 6) is 0.124. The number of aromatic nitrogens is 2. The van der Waals surface area contributed by atoms with Crippen LogP contribution in [0, 0.1) is 0 Å². The Labute approximate surface area is 165 Å². The molecular weight excluding hydrogens is 379 g/mol. The highest BCUT2D eigenvalue weighted by atomic mass is 35.5. The fraction of sp³-hybridized carbons (Fsp3) is 0.471. The van der Waals surface area contributed by atoms with E-state index in [-0.39, 0.29) is 30.7 Å². The Balaban J connectivity index is 0.00000288. The van der Waals surface area contributed by atoms with E-state index in [1.807, 2.05) is 23.6 Å². The third-order valence-corrected chi connectivity index (χ3v) is 4.41. The first kappa shape index (κ1) is 23.8. The number of nitrogens with zero attached hydrogens (tertiary/aromatic N) is 2. The van der Waals surface area contributed by atoms with E-state index in [4.69, 9.17) is 5.73 Å². The van der Waals surface area contributed by atoms with Crippen LogP contribution in [0.1, 0.15) is 37.1 Å². The molecule has 2 heterocycles. The van der Waals surface area contributed by atoms with Crippen LogP contribution >= 0.6 is 36.2 Å². The van der Waals surface area contributed by atoms with Crippen molar-refractivity contribution in [1.82, 2.24) is 15.3 Å². The monoisotopic (exact) mass is 404 g/mol. The van der Waals surface area contributed by atoms with Crippen LogP contribution in [-0.4, -0.2) is 29.0 Å². The SMILES string of the molecule is Cl.Cl.NCCCCCCC(=O)NCCc1nc(-c2ccccn2)cs1. The Kier molecular flexibility index (Phi) is 13.3. The Morgan fingerprint density at radius 1 is 1.12 bits per heavy atom. The molecule has 8 heteroatoms. The van der Waals surface area contributed by atoms with Crippen LogP contribution in [0.25, 0.3) is 11.4 Å². The molecule has 0 radical (unpaired) electrons. The second kappa shape index (κ2) is 14.0. The lowest BCUT2D eigenvalue weighted by Gasteiger charge is -2.04. The summed E-state index contributed by atoms with van der Waals surface area (Å²) < 4.78 is 0. The van der Waals surface area contributed by atoms with E-state index >= 15 is 0 Å². The number of halogens is 2. The highest BCUT2D eigenvalue weighted by Crippen LogP contribution is 2.19. The van der Waals surface area contributed by atoms with Gasteiger partial charge in [0.1, 0.15) is 0 Å². The zero-order valence-corrected chi connectivity index (χ0v) is 16.6. The Hall–Kier alpha value is -1.21. The molecule has 0 spiro atoms. The lowest BCUT2D eigenvalue weighted by molar-refractivity contribution is -0.121. The van der Waals surface area contributed by atoms with Crippen LogP contribution in [0.5, 0.6) is 0 Å². The minimum absolute atomic E-state index is 0. The average molecular weight is 405 g/mol. The third kappa shape index (κ3) is 9.16. The highest BCUT2D eigenvalue weighted by Gasteiger charge is 2.06. The van der Waals surface area contributed by atoms with Gasteiger partial charge in [0.15, 0.2) is 0 Å². The van der Waals surface area contributed by atoms with Crippen molar-refractivity contribution >= 4 is 42.1 Å². The van der Waals surface area contributed by atoms with Gasteiger partial charge in [-0.25, -0.2) is 4.98 Å². The molecule has 0 atom stereocenters. The Bertz CT molecular complexity index is 595. The molecule has 2 aromatic heterocycles. The standard InChI is InChI=1S/C17H24N4OS.2ClH/c18-10-5-2-1-3-8-16(22)20-12-9-17-21-15(13-23-17)14-7-4-6-11-19-14;;/h4,6-7,11,13H,1-3,5,8-10,12,18H2,(H,20,22);2*1H. The van der Waals surface area contributed by atoms with Crippen LogP contribution < -0.4 is 11.1 Å². The lowest BCUT2D eigenvalue weighted by atomic mass is 10.1. The summed E-state index contributed by atoms with van der Waals surface area (Å²) in [6, 6.07) is 5.79. The molecule has 0 aliphatic heterocycles. The molecule has 25 heavy (non-hydrogen) atoms. The predicted octanol–water partition coefficient (Wildman–Crippen LogP) is 3.62. The van der Waals surface area contributed by atoms with Gasteiger partial charge >= 0.3 is 0 Å². The van der Waals surface area contributed by atoms with Gasteiger partial charge in [0.05, 0.1) is 16.4 Å². The molecule has 2 rings (SSSR count). The number of rotatable bonds is 10. The first-order valence-corrected chi connectivity index (χ1v) is 9.00. The maximum atomic E-state index is 11.7. The van der Waals surface area contributed by atoms with Crippen LogP contribution in [-0.2, 0) is 11.2 Å². The van der Waals surface area contributed by atoms with Crippen molar-refractivity contribution in [3.05, 3.63) is 34.8 Å². The summed E-state index contributed by atoms with van der Waals surface area (Å²) in [7, 11) is 0. The molecule has 0 saturated heterocycles. The number of hydrogen-bond donors (Lipinski definition) is 2. The van der Waals surface area contributed by atoms with Gasteiger partial charge in [-0.1, -0.05) is 18.9 Å². The smallest absolute Gasteiger partial charge is 0.220 e. The molecule has 0 fully saturated rings.